The van der Waals surface area contributed by atoms with E-state index in [4.69, 9.17) is 0 Å². The molecule has 0 saturated carbocycles. The highest BCUT2D eigenvalue weighted by molar-refractivity contribution is 4.82. The number of hydrogen-bond donors (Lipinski definition) is 1. The van der Waals surface area contributed by atoms with Gasteiger partial charge in [-0.3, -0.25) is 4.90 Å². The fourth-order valence-electron chi connectivity index (χ4n) is 2.90. The molecule has 0 spiro atoms. The van der Waals surface area contributed by atoms with Crippen LogP contribution in [0.3, 0.4) is 0 Å². The average Bonchev–Trinajstić information content (AvgIpc) is 2.33. The lowest BCUT2D eigenvalue weighted by Crippen LogP contribution is -2.49. The molecule has 18 heavy (non-hydrogen) atoms. The van der Waals surface area contributed by atoms with Crippen LogP contribution in [0.15, 0.2) is 0 Å². The van der Waals surface area contributed by atoms with E-state index in [0.29, 0.717) is 0 Å². The highest BCUT2D eigenvalue weighted by atomic mass is 15.2. The van der Waals surface area contributed by atoms with Gasteiger partial charge in [0.1, 0.15) is 0 Å². The molecule has 2 nitrogen and oxygen atoms in total. The van der Waals surface area contributed by atoms with E-state index in [9.17, 15) is 0 Å². The van der Waals surface area contributed by atoms with Crippen LogP contribution in [0, 0.1) is 5.92 Å². The minimum absolute atomic E-state index is 0.244. The van der Waals surface area contributed by atoms with Crippen LogP contribution in [0.2, 0.25) is 0 Å². The molecule has 1 atom stereocenters. The summed E-state index contributed by atoms with van der Waals surface area (Å²) in [6, 6.07) is 0.743. The minimum Gasteiger partial charge on any atom is -0.311 e. The van der Waals surface area contributed by atoms with Crippen molar-refractivity contribution in [2.24, 2.45) is 5.92 Å². The van der Waals surface area contributed by atoms with Crippen LogP contribution in [0.4, 0.5) is 0 Å². The zero-order chi connectivity index (χ0) is 13.6. The summed E-state index contributed by atoms with van der Waals surface area (Å²) in [6.07, 6.45) is 6.81. The molecule has 1 fully saturated rings. The molecule has 108 valence electrons. The zero-order valence-electron chi connectivity index (χ0n) is 13.3. The Bertz CT molecular complexity index is 212. The third-order valence-electron chi connectivity index (χ3n) is 4.23. The molecule has 0 bridgehead atoms. The topological polar surface area (TPSA) is 15.3 Å². The minimum atomic E-state index is 0.244. The normalized spacial score (nSPS) is 21.2. The van der Waals surface area contributed by atoms with Crippen LogP contribution in [-0.4, -0.2) is 36.1 Å². The van der Waals surface area contributed by atoms with E-state index in [1.54, 1.807) is 0 Å². The first-order valence-electron chi connectivity index (χ1n) is 7.95. The van der Waals surface area contributed by atoms with Crippen molar-refractivity contribution in [3.8, 4) is 0 Å². The molecular weight excluding hydrogens is 220 g/mol. The molecule has 1 aliphatic rings. The highest BCUT2D eigenvalue weighted by Crippen LogP contribution is 2.22. The number of hydrogen-bond acceptors (Lipinski definition) is 2. The molecular formula is C16H34N2. The molecule has 0 aromatic heterocycles. The predicted octanol–water partition coefficient (Wildman–Crippen LogP) is 3.67. The Balaban J connectivity index is 2.41. The summed E-state index contributed by atoms with van der Waals surface area (Å²) >= 11 is 0. The van der Waals surface area contributed by atoms with Crippen molar-refractivity contribution in [1.82, 2.24) is 10.2 Å². The van der Waals surface area contributed by atoms with Gasteiger partial charge in [0.05, 0.1) is 0 Å². The Kier molecular flexibility index (Phi) is 6.65. The maximum absolute atomic E-state index is 3.69. The molecule has 0 aromatic rings. The summed E-state index contributed by atoms with van der Waals surface area (Å²) in [5.41, 5.74) is 0.244. The Labute approximate surface area is 115 Å². The van der Waals surface area contributed by atoms with E-state index in [0.717, 1.165) is 18.5 Å². The molecule has 0 amide bonds. The van der Waals surface area contributed by atoms with Crippen LogP contribution in [0.25, 0.3) is 0 Å². The third-order valence-corrected chi connectivity index (χ3v) is 4.23. The second-order valence-electron chi connectivity index (χ2n) is 6.96. The zero-order valence-corrected chi connectivity index (χ0v) is 13.3. The summed E-state index contributed by atoms with van der Waals surface area (Å²) in [7, 11) is 0. The van der Waals surface area contributed by atoms with Gasteiger partial charge in [-0.25, -0.2) is 0 Å². The van der Waals surface area contributed by atoms with Gasteiger partial charge in [0.2, 0.25) is 0 Å². The number of nitrogens with zero attached hydrogens (tertiary/aromatic N) is 1. The second-order valence-corrected chi connectivity index (χ2v) is 6.96. The van der Waals surface area contributed by atoms with Crippen LogP contribution >= 0.6 is 0 Å². The molecule has 1 unspecified atom stereocenters. The maximum Gasteiger partial charge on any atom is 0.0220 e. The van der Waals surface area contributed by atoms with Crippen molar-refractivity contribution >= 4 is 0 Å². The molecule has 1 N–H and O–H groups in total. The van der Waals surface area contributed by atoms with E-state index in [1.165, 1.54) is 45.2 Å². The van der Waals surface area contributed by atoms with Gasteiger partial charge < -0.3 is 5.32 Å². The van der Waals surface area contributed by atoms with Gasteiger partial charge in [-0.2, -0.15) is 0 Å². The van der Waals surface area contributed by atoms with Gasteiger partial charge in [-0.05, 0) is 59.0 Å². The van der Waals surface area contributed by atoms with Crippen molar-refractivity contribution in [2.45, 2.75) is 78.3 Å². The molecule has 2 heteroatoms. The fourth-order valence-corrected chi connectivity index (χ4v) is 2.90. The average molecular weight is 254 g/mol. The smallest absolute Gasteiger partial charge is 0.0220 e. The van der Waals surface area contributed by atoms with Gasteiger partial charge in [0, 0.05) is 18.1 Å². The van der Waals surface area contributed by atoms with Gasteiger partial charge in [0.25, 0.3) is 0 Å². The van der Waals surface area contributed by atoms with E-state index in [2.05, 4.69) is 44.8 Å². The summed E-state index contributed by atoms with van der Waals surface area (Å²) < 4.78 is 0. The first-order chi connectivity index (χ1) is 8.46. The van der Waals surface area contributed by atoms with Crippen molar-refractivity contribution < 1.29 is 0 Å². The number of rotatable bonds is 6. The van der Waals surface area contributed by atoms with Crippen LogP contribution in [0.1, 0.15) is 66.7 Å². The van der Waals surface area contributed by atoms with Crippen LogP contribution in [-0.2, 0) is 0 Å². The number of likely N-dealkylation sites (tertiary alicyclic amines) is 1. The SMILES string of the molecule is CCCC(CNC(C)(C)C)N1CCC(CC)CC1. The van der Waals surface area contributed by atoms with Gasteiger partial charge in [0.15, 0.2) is 0 Å². The second kappa shape index (κ2) is 7.49. The lowest BCUT2D eigenvalue weighted by atomic mass is 9.93. The Hall–Kier alpha value is -0.0800. The number of nitrogens with one attached hydrogen (secondary N) is 1. The fraction of sp³-hybridized carbons (Fsp3) is 1.00. The molecule has 0 radical (unpaired) electrons. The Morgan fingerprint density at radius 2 is 1.78 bits per heavy atom. The molecule has 1 rings (SSSR count). The summed E-state index contributed by atoms with van der Waals surface area (Å²) in [5.74, 6) is 0.985. The van der Waals surface area contributed by atoms with E-state index in [1.807, 2.05) is 0 Å². The van der Waals surface area contributed by atoms with Gasteiger partial charge in [-0.15, -0.1) is 0 Å². The molecule has 1 saturated heterocycles. The van der Waals surface area contributed by atoms with Crippen LogP contribution in [0.5, 0.6) is 0 Å². The lowest BCUT2D eigenvalue weighted by Gasteiger charge is -2.38. The van der Waals surface area contributed by atoms with Gasteiger partial charge in [-0.1, -0.05) is 26.7 Å². The summed E-state index contributed by atoms with van der Waals surface area (Å²) in [5, 5.41) is 3.69. The van der Waals surface area contributed by atoms with Crippen molar-refractivity contribution in [2.75, 3.05) is 19.6 Å². The van der Waals surface area contributed by atoms with Crippen LogP contribution < -0.4 is 5.32 Å². The quantitative estimate of drug-likeness (QED) is 0.778. The molecule has 0 aliphatic carbocycles. The maximum atomic E-state index is 3.69. The summed E-state index contributed by atoms with van der Waals surface area (Å²) in [6.45, 7) is 15.2. The largest absolute Gasteiger partial charge is 0.311 e. The van der Waals surface area contributed by atoms with E-state index in [-0.39, 0.29) is 5.54 Å². The van der Waals surface area contributed by atoms with Crippen molar-refractivity contribution in [3.63, 3.8) is 0 Å². The first kappa shape index (κ1) is 16.0. The molecule has 1 heterocycles. The monoisotopic (exact) mass is 254 g/mol. The first-order valence-corrected chi connectivity index (χ1v) is 7.95. The van der Waals surface area contributed by atoms with Crippen molar-refractivity contribution in [3.05, 3.63) is 0 Å². The van der Waals surface area contributed by atoms with Gasteiger partial charge >= 0.3 is 0 Å². The third kappa shape index (κ3) is 5.71. The van der Waals surface area contributed by atoms with E-state index < -0.39 is 0 Å². The predicted molar refractivity (Wildman–Crippen MR) is 81.0 cm³/mol. The van der Waals surface area contributed by atoms with Crippen molar-refractivity contribution in [1.29, 1.82) is 0 Å². The lowest BCUT2D eigenvalue weighted by molar-refractivity contribution is 0.118. The van der Waals surface area contributed by atoms with E-state index >= 15 is 0 Å². The molecule has 0 aromatic carbocycles. The highest BCUT2D eigenvalue weighted by Gasteiger charge is 2.24. The molecule has 1 aliphatic heterocycles. The Morgan fingerprint density at radius 1 is 1.17 bits per heavy atom. The summed E-state index contributed by atoms with van der Waals surface area (Å²) in [4.78, 5) is 2.73. The Morgan fingerprint density at radius 3 is 2.22 bits per heavy atom. The standard InChI is InChI=1S/C16H34N2/c1-6-8-15(13-17-16(3,4)5)18-11-9-14(7-2)10-12-18/h14-15,17H,6-13H2,1-5H3. The number of piperidine rings is 1.